The summed E-state index contributed by atoms with van der Waals surface area (Å²) in [5.41, 5.74) is 2.22. The van der Waals surface area contributed by atoms with Gasteiger partial charge in [0, 0.05) is 0 Å². The minimum Gasteiger partial charge on any atom is -0.480 e. The largest absolute Gasteiger partial charge is 0.480 e. The number of hydrogen-bond acceptors (Lipinski definition) is 2. The maximum absolute atomic E-state index is 10.7. The molecule has 0 aliphatic rings. The molecule has 0 heterocycles. The van der Waals surface area contributed by atoms with E-state index in [2.05, 4.69) is 5.32 Å². The summed E-state index contributed by atoms with van der Waals surface area (Å²) < 4.78 is 0. The monoisotopic (exact) mass is 193 g/mol. The second-order valence-electron chi connectivity index (χ2n) is 3.37. The fourth-order valence-corrected chi connectivity index (χ4v) is 1.27. The molecule has 2 N–H and O–H groups in total. The summed E-state index contributed by atoms with van der Waals surface area (Å²) in [4.78, 5) is 10.7. The molecule has 1 rings (SSSR count). The molecule has 0 saturated carbocycles. The molecule has 0 aromatic heterocycles. The van der Waals surface area contributed by atoms with Crippen molar-refractivity contribution in [1.82, 2.24) is 5.32 Å². The lowest BCUT2D eigenvalue weighted by atomic mass is 10.0. The van der Waals surface area contributed by atoms with Crippen molar-refractivity contribution >= 4 is 5.97 Å². The maximum Gasteiger partial charge on any atom is 0.321 e. The highest BCUT2D eigenvalue weighted by molar-refractivity contribution is 5.73. The van der Waals surface area contributed by atoms with E-state index in [-0.39, 0.29) is 0 Å². The number of aryl methyl sites for hydroxylation is 1. The first kappa shape index (κ1) is 10.7. The van der Waals surface area contributed by atoms with Gasteiger partial charge in [0.05, 0.1) is 0 Å². The minimum atomic E-state index is -0.812. The normalized spacial score (nSPS) is 12.4. The summed E-state index contributed by atoms with van der Waals surface area (Å²) in [6, 6.07) is 7.40. The van der Waals surface area contributed by atoms with Crippen LogP contribution in [0.4, 0.5) is 0 Å². The van der Waals surface area contributed by atoms with Gasteiger partial charge in [-0.15, -0.1) is 0 Å². The van der Waals surface area contributed by atoms with E-state index in [1.165, 1.54) is 5.56 Å². The molecule has 0 radical (unpaired) electrons. The van der Waals surface area contributed by atoms with Crippen LogP contribution in [-0.2, 0) is 11.2 Å². The Kier molecular flexibility index (Phi) is 3.65. The van der Waals surface area contributed by atoms with Gasteiger partial charge in [-0.25, -0.2) is 0 Å². The molecule has 0 fully saturated rings. The van der Waals surface area contributed by atoms with Crippen LogP contribution in [-0.4, -0.2) is 24.2 Å². The van der Waals surface area contributed by atoms with Gasteiger partial charge in [-0.3, -0.25) is 4.79 Å². The average Bonchev–Trinajstić information content (AvgIpc) is 2.16. The van der Waals surface area contributed by atoms with E-state index in [1.54, 1.807) is 7.05 Å². The van der Waals surface area contributed by atoms with Gasteiger partial charge < -0.3 is 10.4 Å². The second kappa shape index (κ2) is 4.77. The molecular formula is C11H15NO2. The van der Waals surface area contributed by atoms with Crippen molar-refractivity contribution in [3.8, 4) is 0 Å². The fourth-order valence-electron chi connectivity index (χ4n) is 1.27. The number of hydrogen-bond donors (Lipinski definition) is 2. The summed E-state index contributed by atoms with van der Waals surface area (Å²) in [6.45, 7) is 2.01. The molecule has 1 aromatic carbocycles. The number of carbonyl (C=O) groups is 1. The number of carboxylic acids is 1. The maximum atomic E-state index is 10.7. The Morgan fingerprint density at radius 3 is 2.43 bits per heavy atom. The van der Waals surface area contributed by atoms with Crippen molar-refractivity contribution in [2.45, 2.75) is 19.4 Å². The van der Waals surface area contributed by atoms with E-state index in [1.807, 2.05) is 31.2 Å². The lowest BCUT2D eigenvalue weighted by Gasteiger charge is -2.10. The highest BCUT2D eigenvalue weighted by Crippen LogP contribution is 2.06. The zero-order valence-electron chi connectivity index (χ0n) is 8.45. The standard InChI is InChI=1S/C11H15NO2/c1-8-3-5-9(6-4-8)7-10(12-2)11(13)14/h3-6,10,12H,7H2,1-2H3,(H,13,14). The Labute approximate surface area is 83.8 Å². The lowest BCUT2D eigenvalue weighted by Crippen LogP contribution is -2.35. The SMILES string of the molecule is CNC(Cc1ccc(C)cc1)C(=O)O. The Morgan fingerprint density at radius 1 is 1.43 bits per heavy atom. The van der Waals surface area contributed by atoms with E-state index >= 15 is 0 Å². The lowest BCUT2D eigenvalue weighted by molar-refractivity contribution is -0.139. The number of rotatable bonds is 4. The van der Waals surface area contributed by atoms with Gasteiger partial charge >= 0.3 is 5.97 Å². The van der Waals surface area contributed by atoms with Crippen LogP contribution in [0.3, 0.4) is 0 Å². The highest BCUT2D eigenvalue weighted by atomic mass is 16.4. The summed E-state index contributed by atoms with van der Waals surface area (Å²) in [5.74, 6) is -0.812. The number of carboxylic acid groups (broad SMARTS) is 1. The third kappa shape index (κ3) is 2.85. The van der Waals surface area contributed by atoms with Crippen LogP contribution >= 0.6 is 0 Å². The van der Waals surface area contributed by atoms with Crippen molar-refractivity contribution < 1.29 is 9.90 Å². The highest BCUT2D eigenvalue weighted by Gasteiger charge is 2.14. The van der Waals surface area contributed by atoms with E-state index in [0.29, 0.717) is 6.42 Å². The number of nitrogens with one attached hydrogen (secondary N) is 1. The molecule has 3 heteroatoms. The van der Waals surface area contributed by atoms with Gasteiger partial charge in [0.2, 0.25) is 0 Å². The second-order valence-corrected chi connectivity index (χ2v) is 3.37. The minimum absolute atomic E-state index is 0.502. The molecule has 1 aromatic rings. The Morgan fingerprint density at radius 2 is 2.00 bits per heavy atom. The van der Waals surface area contributed by atoms with Crippen LogP contribution < -0.4 is 5.32 Å². The molecule has 14 heavy (non-hydrogen) atoms. The third-order valence-corrected chi connectivity index (χ3v) is 2.21. The molecular weight excluding hydrogens is 178 g/mol. The van der Waals surface area contributed by atoms with Crippen molar-refractivity contribution in [2.75, 3.05) is 7.05 Å². The first-order valence-electron chi connectivity index (χ1n) is 4.59. The molecule has 0 bridgehead atoms. The van der Waals surface area contributed by atoms with Crippen molar-refractivity contribution in [3.05, 3.63) is 35.4 Å². The van der Waals surface area contributed by atoms with Gasteiger partial charge in [-0.05, 0) is 26.0 Å². The summed E-state index contributed by atoms with van der Waals surface area (Å²) >= 11 is 0. The van der Waals surface area contributed by atoms with Crippen LogP contribution in [0.1, 0.15) is 11.1 Å². The predicted octanol–water partition coefficient (Wildman–Crippen LogP) is 1.21. The quantitative estimate of drug-likeness (QED) is 0.755. The topological polar surface area (TPSA) is 49.3 Å². The molecule has 0 saturated heterocycles. The first-order valence-corrected chi connectivity index (χ1v) is 4.59. The molecule has 0 aliphatic heterocycles. The fraction of sp³-hybridized carbons (Fsp3) is 0.364. The molecule has 0 spiro atoms. The van der Waals surface area contributed by atoms with Crippen molar-refractivity contribution in [2.24, 2.45) is 0 Å². The Balaban J connectivity index is 2.67. The number of aliphatic carboxylic acids is 1. The van der Waals surface area contributed by atoms with Gasteiger partial charge in [0.25, 0.3) is 0 Å². The number of likely N-dealkylation sites (N-methyl/N-ethyl adjacent to an activating group) is 1. The van der Waals surface area contributed by atoms with Crippen LogP contribution in [0.15, 0.2) is 24.3 Å². The van der Waals surface area contributed by atoms with Gasteiger partial charge in [-0.1, -0.05) is 29.8 Å². The third-order valence-electron chi connectivity index (χ3n) is 2.21. The molecule has 1 unspecified atom stereocenters. The van der Waals surface area contributed by atoms with Crippen LogP contribution in [0, 0.1) is 6.92 Å². The molecule has 1 atom stereocenters. The number of benzene rings is 1. The summed E-state index contributed by atoms with van der Waals surface area (Å²) in [6.07, 6.45) is 0.520. The zero-order valence-corrected chi connectivity index (χ0v) is 8.45. The molecule has 0 aliphatic carbocycles. The first-order chi connectivity index (χ1) is 6.63. The van der Waals surface area contributed by atoms with Gasteiger partial charge in [0.15, 0.2) is 0 Å². The van der Waals surface area contributed by atoms with E-state index in [9.17, 15) is 4.79 Å². The summed E-state index contributed by atoms with van der Waals surface area (Å²) in [7, 11) is 1.66. The zero-order chi connectivity index (χ0) is 10.6. The van der Waals surface area contributed by atoms with Crippen molar-refractivity contribution in [1.29, 1.82) is 0 Å². The van der Waals surface area contributed by atoms with E-state index in [4.69, 9.17) is 5.11 Å². The Hall–Kier alpha value is -1.35. The van der Waals surface area contributed by atoms with E-state index < -0.39 is 12.0 Å². The Bertz CT molecular complexity index is 306. The van der Waals surface area contributed by atoms with Gasteiger partial charge in [0.1, 0.15) is 6.04 Å². The summed E-state index contributed by atoms with van der Waals surface area (Å²) in [5, 5.41) is 11.6. The van der Waals surface area contributed by atoms with E-state index in [0.717, 1.165) is 5.56 Å². The van der Waals surface area contributed by atoms with Crippen LogP contribution in [0.2, 0.25) is 0 Å². The molecule has 3 nitrogen and oxygen atoms in total. The van der Waals surface area contributed by atoms with Crippen LogP contribution in [0.5, 0.6) is 0 Å². The molecule has 0 amide bonds. The molecule has 76 valence electrons. The average molecular weight is 193 g/mol. The smallest absolute Gasteiger partial charge is 0.321 e. The van der Waals surface area contributed by atoms with Gasteiger partial charge in [-0.2, -0.15) is 0 Å². The van der Waals surface area contributed by atoms with Crippen molar-refractivity contribution in [3.63, 3.8) is 0 Å². The van der Waals surface area contributed by atoms with Crippen LogP contribution in [0.25, 0.3) is 0 Å². The predicted molar refractivity (Wildman–Crippen MR) is 55.4 cm³/mol.